The van der Waals surface area contributed by atoms with Gasteiger partial charge in [-0.2, -0.15) is 0 Å². The summed E-state index contributed by atoms with van der Waals surface area (Å²) in [5.41, 5.74) is 2.83. The summed E-state index contributed by atoms with van der Waals surface area (Å²) in [5.74, 6) is 2.25. The molecule has 0 spiro atoms. The van der Waals surface area contributed by atoms with E-state index in [0.717, 1.165) is 43.3 Å². The van der Waals surface area contributed by atoms with Crippen molar-refractivity contribution in [2.24, 2.45) is 0 Å². The molecule has 10 heteroatoms. The predicted molar refractivity (Wildman–Crippen MR) is 136 cm³/mol. The van der Waals surface area contributed by atoms with E-state index in [1.165, 1.54) is 21.3 Å². The van der Waals surface area contributed by atoms with Gasteiger partial charge in [0.25, 0.3) is 0 Å². The minimum Gasteiger partial charge on any atom is -0.493 e. The monoisotopic (exact) mass is 478 g/mol. The fourth-order valence-corrected chi connectivity index (χ4v) is 3.85. The number of carbonyl (C=O) groups excluding carboxylic acids is 1. The van der Waals surface area contributed by atoms with E-state index in [4.69, 9.17) is 14.2 Å². The maximum atomic E-state index is 12.5. The lowest BCUT2D eigenvalue weighted by Gasteiger charge is -2.32. The number of carbonyl (C=O) groups is 1. The molecular formula is C25H30N6O4. The standard InChI is InChI=1S/C25H30N6O4/c1-30-11-13-31(14-12-30)23-10-9-20(28-29-23)17-5-7-18(8-6-17)26-25(32)27-19-15-21(33-2)24(35-4)22(16-19)34-3/h5-10,15-16H,11-14H2,1-4H3,(H2,26,27,32). The number of urea groups is 1. The van der Waals surface area contributed by atoms with Crippen molar-refractivity contribution in [3.63, 3.8) is 0 Å². The molecular weight excluding hydrogens is 448 g/mol. The minimum atomic E-state index is -0.400. The number of aromatic nitrogens is 2. The Morgan fingerprint density at radius 2 is 1.43 bits per heavy atom. The largest absolute Gasteiger partial charge is 0.493 e. The molecule has 184 valence electrons. The number of amides is 2. The van der Waals surface area contributed by atoms with E-state index in [1.54, 1.807) is 12.1 Å². The lowest BCUT2D eigenvalue weighted by atomic mass is 10.1. The Labute approximate surface area is 204 Å². The van der Waals surface area contributed by atoms with Crippen LogP contribution in [0.1, 0.15) is 0 Å². The molecule has 1 aliphatic rings. The molecule has 0 saturated carbocycles. The first-order chi connectivity index (χ1) is 17.0. The highest BCUT2D eigenvalue weighted by Crippen LogP contribution is 2.40. The van der Waals surface area contributed by atoms with Crippen LogP contribution in [0, 0.1) is 0 Å². The molecule has 10 nitrogen and oxygen atoms in total. The van der Waals surface area contributed by atoms with Gasteiger partial charge in [0.1, 0.15) is 0 Å². The molecule has 1 aromatic heterocycles. The molecule has 2 heterocycles. The van der Waals surface area contributed by atoms with E-state index >= 15 is 0 Å². The van der Waals surface area contributed by atoms with Gasteiger partial charge in [0.05, 0.1) is 32.7 Å². The van der Waals surface area contributed by atoms with Crippen LogP contribution in [0.3, 0.4) is 0 Å². The highest BCUT2D eigenvalue weighted by molar-refractivity contribution is 6.00. The number of rotatable bonds is 7. The van der Waals surface area contributed by atoms with Crippen molar-refractivity contribution in [3.05, 3.63) is 48.5 Å². The van der Waals surface area contributed by atoms with Gasteiger partial charge in [0.2, 0.25) is 5.75 Å². The molecule has 3 aromatic rings. The van der Waals surface area contributed by atoms with Crippen molar-refractivity contribution in [1.29, 1.82) is 0 Å². The Bertz CT molecular complexity index is 1120. The van der Waals surface area contributed by atoms with E-state index in [1.807, 2.05) is 36.4 Å². The lowest BCUT2D eigenvalue weighted by Crippen LogP contribution is -2.44. The van der Waals surface area contributed by atoms with E-state index in [0.29, 0.717) is 28.6 Å². The molecule has 1 aliphatic heterocycles. The van der Waals surface area contributed by atoms with Crippen LogP contribution in [0.15, 0.2) is 48.5 Å². The van der Waals surface area contributed by atoms with Crippen LogP contribution in [-0.2, 0) is 0 Å². The van der Waals surface area contributed by atoms with Crippen molar-refractivity contribution < 1.29 is 19.0 Å². The average Bonchev–Trinajstić information content (AvgIpc) is 2.89. The zero-order valence-electron chi connectivity index (χ0n) is 20.4. The summed E-state index contributed by atoms with van der Waals surface area (Å²) in [6, 6.07) is 14.3. The smallest absolute Gasteiger partial charge is 0.323 e. The van der Waals surface area contributed by atoms with Gasteiger partial charge in [0, 0.05) is 49.6 Å². The van der Waals surface area contributed by atoms with Gasteiger partial charge in [-0.05, 0) is 31.3 Å². The van der Waals surface area contributed by atoms with Crippen LogP contribution < -0.4 is 29.7 Å². The normalized spacial score (nSPS) is 13.8. The molecule has 2 amide bonds. The van der Waals surface area contributed by atoms with Crippen LogP contribution >= 0.6 is 0 Å². The van der Waals surface area contributed by atoms with Crippen molar-refractivity contribution in [2.75, 3.05) is 70.1 Å². The van der Waals surface area contributed by atoms with Gasteiger partial charge in [-0.25, -0.2) is 4.79 Å². The molecule has 2 N–H and O–H groups in total. The van der Waals surface area contributed by atoms with Crippen LogP contribution in [0.5, 0.6) is 17.2 Å². The summed E-state index contributed by atoms with van der Waals surface area (Å²) in [4.78, 5) is 17.1. The summed E-state index contributed by atoms with van der Waals surface area (Å²) in [6.07, 6.45) is 0. The Morgan fingerprint density at radius 1 is 0.800 bits per heavy atom. The fourth-order valence-electron chi connectivity index (χ4n) is 3.85. The van der Waals surface area contributed by atoms with Gasteiger partial charge < -0.3 is 34.6 Å². The maximum absolute atomic E-state index is 12.5. The Hall–Kier alpha value is -4.05. The fraction of sp³-hybridized carbons (Fsp3) is 0.320. The van der Waals surface area contributed by atoms with Gasteiger partial charge in [-0.15, -0.1) is 10.2 Å². The number of ether oxygens (including phenoxy) is 3. The molecule has 1 saturated heterocycles. The molecule has 1 fully saturated rings. The number of anilines is 3. The first-order valence-electron chi connectivity index (χ1n) is 11.3. The van der Waals surface area contributed by atoms with Crippen molar-refractivity contribution >= 4 is 23.2 Å². The third kappa shape index (κ3) is 5.72. The SMILES string of the molecule is COc1cc(NC(=O)Nc2ccc(-c3ccc(N4CCN(C)CC4)nn3)cc2)cc(OC)c1OC. The van der Waals surface area contributed by atoms with Crippen LogP contribution in [0.25, 0.3) is 11.3 Å². The zero-order valence-corrected chi connectivity index (χ0v) is 20.4. The Kier molecular flexibility index (Phi) is 7.51. The number of nitrogens with zero attached hydrogens (tertiary/aromatic N) is 4. The molecule has 2 aromatic carbocycles. The average molecular weight is 479 g/mol. The summed E-state index contributed by atoms with van der Waals surface area (Å²) in [5, 5.41) is 14.4. The third-order valence-corrected chi connectivity index (χ3v) is 5.84. The molecule has 4 rings (SSSR count). The van der Waals surface area contributed by atoms with Crippen LogP contribution in [-0.4, -0.2) is 75.7 Å². The highest BCUT2D eigenvalue weighted by atomic mass is 16.5. The minimum absolute atomic E-state index is 0.400. The summed E-state index contributed by atoms with van der Waals surface area (Å²) >= 11 is 0. The molecule has 0 radical (unpaired) electrons. The summed E-state index contributed by atoms with van der Waals surface area (Å²) in [7, 11) is 6.69. The molecule has 0 unspecified atom stereocenters. The van der Waals surface area contributed by atoms with Gasteiger partial charge in [0.15, 0.2) is 17.3 Å². The molecule has 0 bridgehead atoms. The van der Waals surface area contributed by atoms with E-state index in [9.17, 15) is 4.79 Å². The van der Waals surface area contributed by atoms with E-state index < -0.39 is 6.03 Å². The van der Waals surface area contributed by atoms with Gasteiger partial charge in [-0.1, -0.05) is 12.1 Å². The van der Waals surface area contributed by atoms with Crippen molar-refractivity contribution in [1.82, 2.24) is 15.1 Å². The highest BCUT2D eigenvalue weighted by Gasteiger charge is 2.16. The zero-order chi connectivity index (χ0) is 24.8. The Morgan fingerprint density at radius 3 is 1.97 bits per heavy atom. The van der Waals surface area contributed by atoms with E-state index in [-0.39, 0.29) is 0 Å². The quantitative estimate of drug-likeness (QED) is 0.532. The Balaban J connectivity index is 1.38. The third-order valence-electron chi connectivity index (χ3n) is 5.84. The van der Waals surface area contributed by atoms with Crippen molar-refractivity contribution in [2.45, 2.75) is 0 Å². The number of likely N-dealkylation sites (N-methyl/N-ethyl adjacent to an activating group) is 1. The molecule has 35 heavy (non-hydrogen) atoms. The second-order valence-electron chi connectivity index (χ2n) is 8.14. The number of piperazine rings is 1. The van der Waals surface area contributed by atoms with Crippen LogP contribution in [0.4, 0.5) is 22.0 Å². The first kappa shape index (κ1) is 24.1. The first-order valence-corrected chi connectivity index (χ1v) is 11.3. The predicted octanol–water partition coefficient (Wildman–Crippen LogP) is 3.57. The van der Waals surface area contributed by atoms with Crippen LogP contribution in [0.2, 0.25) is 0 Å². The van der Waals surface area contributed by atoms with Gasteiger partial charge in [-0.3, -0.25) is 0 Å². The second kappa shape index (κ2) is 10.9. The van der Waals surface area contributed by atoms with Gasteiger partial charge >= 0.3 is 6.03 Å². The summed E-state index contributed by atoms with van der Waals surface area (Å²) < 4.78 is 16.0. The number of hydrogen-bond donors (Lipinski definition) is 2. The number of hydrogen-bond acceptors (Lipinski definition) is 8. The van der Waals surface area contributed by atoms with E-state index in [2.05, 4.69) is 37.7 Å². The van der Waals surface area contributed by atoms with Crippen molar-refractivity contribution in [3.8, 4) is 28.5 Å². The molecule has 0 atom stereocenters. The summed E-state index contributed by atoms with van der Waals surface area (Å²) in [6.45, 7) is 3.93. The number of nitrogens with one attached hydrogen (secondary N) is 2. The molecule has 0 aliphatic carbocycles. The topological polar surface area (TPSA) is 101 Å². The maximum Gasteiger partial charge on any atom is 0.323 e. The lowest BCUT2D eigenvalue weighted by molar-refractivity contribution is 0.262. The second-order valence-corrected chi connectivity index (χ2v) is 8.14. The number of methoxy groups -OCH3 is 3. The number of benzene rings is 2.